The molecule has 0 aliphatic heterocycles. The average molecular weight is 381 g/mol. The van der Waals surface area contributed by atoms with Crippen LogP contribution in [0.2, 0.25) is 0 Å². The van der Waals surface area contributed by atoms with Gasteiger partial charge in [-0.2, -0.15) is 15.3 Å². The van der Waals surface area contributed by atoms with Crippen LogP contribution in [0, 0.1) is 0 Å². The second-order valence-electron chi connectivity index (χ2n) is 6.89. The van der Waals surface area contributed by atoms with Crippen LogP contribution in [-0.2, 0) is 6.54 Å². The van der Waals surface area contributed by atoms with E-state index in [1.54, 1.807) is 27.8 Å². The lowest BCUT2D eigenvalue weighted by Gasteiger charge is -2.08. The fraction of sp³-hybridized carbons (Fsp3) is 0.368. The quantitative estimate of drug-likeness (QED) is 0.505. The molecule has 0 amide bonds. The standard InChI is InChI=1S/C19H23N7O2/c1-3-13(2)25-9-15(7-22-25)19-18-4-5-20-26(18)11-17(23-19)14-6-21-24(8-14)10-16(28)12-27/h4-9,11,13,16,27-28H,3,10,12H2,1-2H3/t13-,16?/m1/s1. The number of hydrogen-bond acceptors (Lipinski definition) is 6. The Hall–Kier alpha value is -3.04. The van der Waals surface area contributed by atoms with Gasteiger partial charge in [0.25, 0.3) is 0 Å². The summed E-state index contributed by atoms with van der Waals surface area (Å²) in [6, 6.07) is 2.24. The summed E-state index contributed by atoms with van der Waals surface area (Å²) < 4.78 is 5.33. The summed E-state index contributed by atoms with van der Waals surface area (Å²) in [7, 11) is 0. The Bertz CT molecular complexity index is 1080. The smallest absolute Gasteiger partial charge is 0.0999 e. The summed E-state index contributed by atoms with van der Waals surface area (Å²) in [5.74, 6) is 0. The van der Waals surface area contributed by atoms with E-state index >= 15 is 0 Å². The molecule has 0 aliphatic rings. The third-order valence-corrected chi connectivity index (χ3v) is 4.84. The normalized spacial score (nSPS) is 13.9. The van der Waals surface area contributed by atoms with Crippen LogP contribution in [0.3, 0.4) is 0 Å². The zero-order valence-corrected chi connectivity index (χ0v) is 15.8. The zero-order chi connectivity index (χ0) is 19.7. The first-order chi connectivity index (χ1) is 13.6. The van der Waals surface area contributed by atoms with E-state index in [1.165, 1.54) is 0 Å². The Morgan fingerprint density at radius 2 is 1.89 bits per heavy atom. The molecule has 0 aliphatic carbocycles. The highest BCUT2D eigenvalue weighted by atomic mass is 16.3. The largest absolute Gasteiger partial charge is 0.394 e. The Labute approximate surface area is 161 Å². The molecule has 9 nitrogen and oxygen atoms in total. The number of nitrogens with zero attached hydrogens (tertiary/aromatic N) is 7. The molecule has 1 unspecified atom stereocenters. The van der Waals surface area contributed by atoms with Crippen molar-refractivity contribution in [3.8, 4) is 22.5 Å². The van der Waals surface area contributed by atoms with Gasteiger partial charge in [0.05, 0.1) is 60.9 Å². The number of fused-ring (bicyclic) bond motifs is 1. The maximum atomic E-state index is 9.62. The lowest BCUT2D eigenvalue weighted by Crippen LogP contribution is -2.19. The van der Waals surface area contributed by atoms with Crippen LogP contribution < -0.4 is 0 Å². The van der Waals surface area contributed by atoms with Crippen LogP contribution >= 0.6 is 0 Å². The molecular weight excluding hydrogens is 358 g/mol. The Kier molecular flexibility index (Phi) is 4.93. The number of rotatable bonds is 7. The minimum Gasteiger partial charge on any atom is -0.394 e. The Morgan fingerprint density at radius 3 is 2.68 bits per heavy atom. The first-order valence-electron chi connectivity index (χ1n) is 9.29. The monoisotopic (exact) mass is 381 g/mol. The summed E-state index contributed by atoms with van der Waals surface area (Å²) in [5.41, 5.74) is 4.14. The lowest BCUT2D eigenvalue weighted by molar-refractivity contribution is 0.0783. The van der Waals surface area contributed by atoms with Crippen LogP contribution in [0.4, 0.5) is 0 Å². The highest BCUT2D eigenvalue weighted by molar-refractivity contribution is 5.78. The minimum atomic E-state index is -0.851. The lowest BCUT2D eigenvalue weighted by atomic mass is 10.2. The molecule has 4 rings (SSSR count). The number of aliphatic hydroxyl groups is 2. The van der Waals surface area contributed by atoms with Crippen molar-refractivity contribution in [3.63, 3.8) is 0 Å². The fourth-order valence-corrected chi connectivity index (χ4v) is 3.04. The molecule has 0 fully saturated rings. The summed E-state index contributed by atoms with van der Waals surface area (Å²) in [6.07, 6.45) is 11.1. The second-order valence-corrected chi connectivity index (χ2v) is 6.89. The van der Waals surface area contributed by atoms with Gasteiger partial charge >= 0.3 is 0 Å². The van der Waals surface area contributed by atoms with Crippen LogP contribution in [0.5, 0.6) is 0 Å². The van der Waals surface area contributed by atoms with E-state index in [0.29, 0.717) is 11.7 Å². The van der Waals surface area contributed by atoms with E-state index in [9.17, 15) is 5.11 Å². The second kappa shape index (κ2) is 7.53. The van der Waals surface area contributed by atoms with Crippen molar-refractivity contribution in [1.29, 1.82) is 0 Å². The first-order valence-corrected chi connectivity index (χ1v) is 9.29. The summed E-state index contributed by atoms with van der Waals surface area (Å²) in [6.45, 7) is 4.17. The molecule has 0 radical (unpaired) electrons. The van der Waals surface area contributed by atoms with Gasteiger partial charge in [-0.3, -0.25) is 9.36 Å². The Morgan fingerprint density at radius 1 is 1.07 bits per heavy atom. The van der Waals surface area contributed by atoms with Gasteiger partial charge in [0.2, 0.25) is 0 Å². The van der Waals surface area contributed by atoms with Crippen molar-refractivity contribution < 1.29 is 10.2 Å². The third kappa shape index (κ3) is 3.41. The van der Waals surface area contributed by atoms with E-state index in [2.05, 4.69) is 29.1 Å². The van der Waals surface area contributed by atoms with Gasteiger partial charge in [-0.15, -0.1) is 0 Å². The predicted octanol–water partition coefficient (Wildman–Crippen LogP) is 1.78. The van der Waals surface area contributed by atoms with E-state index in [4.69, 9.17) is 10.1 Å². The zero-order valence-electron chi connectivity index (χ0n) is 15.8. The number of aromatic nitrogens is 7. The molecule has 0 bridgehead atoms. The molecule has 0 saturated heterocycles. The van der Waals surface area contributed by atoms with Gasteiger partial charge in [-0.1, -0.05) is 6.92 Å². The predicted molar refractivity (Wildman–Crippen MR) is 104 cm³/mol. The van der Waals surface area contributed by atoms with E-state index < -0.39 is 6.10 Å². The molecule has 0 aromatic carbocycles. The maximum absolute atomic E-state index is 9.62. The SMILES string of the molecule is CC[C@@H](C)n1cc(-c2nc(-c3cnn(CC(O)CO)c3)cn3nccc23)cn1. The molecule has 2 N–H and O–H groups in total. The van der Waals surface area contributed by atoms with Crippen molar-refractivity contribution in [1.82, 2.24) is 34.2 Å². The van der Waals surface area contributed by atoms with Gasteiger partial charge in [0.15, 0.2) is 0 Å². The molecule has 0 saturated carbocycles. The molecule has 4 aromatic rings. The third-order valence-electron chi connectivity index (χ3n) is 4.84. The van der Waals surface area contributed by atoms with E-state index in [1.807, 2.05) is 29.3 Å². The van der Waals surface area contributed by atoms with Gasteiger partial charge < -0.3 is 10.2 Å². The minimum absolute atomic E-state index is 0.217. The number of aliphatic hydroxyl groups excluding tert-OH is 2. The molecule has 146 valence electrons. The van der Waals surface area contributed by atoms with Gasteiger partial charge in [0, 0.05) is 29.6 Å². The molecule has 9 heteroatoms. The molecule has 4 aromatic heterocycles. The van der Waals surface area contributed by atoms with Gasteiger partial charge in [-0.05, 0) is 19.4 Å². The maximum Gasteiger partial charge on any atom is 0.0999 e. The highest BCUT2D eigenvalue weighted by Gasteiger charge is 2.15. The van der Waals surface area contributed by atoms with Crippen molar-refractivity contribution in [3.05, 3.63) is 43.2 Å². The average Bonchev–Trinajstić information content (AvgIpc) is 3.46. The summed E-state index contributed by atoms with van der Waals surface area (Å²) >= 11 is 0. The van der Waals surface area contributed by atoms with E-state index in [-0.39, 0.29) is 13.2 Å². The number of hydrogen-bond donors (Lipinski definition) is 2. The molecule has 2 atom stereocenters. The van der Waals surface area contributed by atoms with E-state index in [0.717, 1.165) is 28.8 Å². The van der Waals surface area contributed by atoms with Crippen molar-refractivity contribution in [2.45, 2.75) is 39.0 Å². The van der Waals surface area contributed by atoms with Crippen LogP contribution in [0.25, 0.3) is 28.0 Å². The Balaban J connectivity index is 1.74. The molecule has 0 spiro atoms. The molecule has 4 heterocycles. The first kappa shape index (κ1) is 18.3. The molecule has 28 heavy (non-hydrogen) atoms. The van der Waals surface area contributed by atoms with Crippen molar-refractivity contribution >= 4 is 5.52 Å². The topological polar surface area (TPSA) is 106 Å². The summed E-state index contributed by atoms with van der Waals surface area (Å²) in [5, 5.41) is 31.7. The van der Waals surface area contributed by atoms with Crippen LogP contribution in [0.1, 0.15) is 26.3 Å². The van der Waals surface area contributed by atoms with Crippen molar-refractivity contribution in [2.75, 3.05) is 6.61 Å². The van der Waals surface area contributed by atoms with Gasteiger partial charge in [0.1, 0.15) is 0 Å². The van der Waals surface area contributed by atoms with Crippen LogP contribution in [0.15, 0.2) is 43.2 Å². The van der Waals surface area contributed by atoms with Crippen molar-refractivity contribution in [2.24, 2.45) is 0 Å². The van der Waals surface area contributed by atoms with Gasteiger partial charge in [-0.25, -0.2) is 9.50 Å². The fourth-order valence-electron chi connectivity index (χ4n) is 3.04. The highest BCUT2D eigenvalue weighted by Crippen LogP contribution is 2.27. The molecular formula is C19H23N7O2. The summed E-state index contributed by atoms with van der Waals surface area (Å²) in [4.78, 5) is 4.85. The van der Waals surface area contributed by atoms with Crippen LogP contribution in [-0.4, -0.2) is 57.1 Å².